The normalized spacial score (nSPS) is 17.4. The Balaban J connectivity index is 1.63. The van der Waals surface area contributed by atoms with E-state index in [1.807, 2.05) is 30.3 Å². The summed E-state index contributed by atoms with van der Waals surface area (Å²) in [6.45, 7) is 2.87. The van der Waals surface area contributed by atoms with E-state index in [2.05, 4.69) is 39.2 Å². The molecule has 5 nitrogen and oxygen atoms in total. The summed E-state index contributed by atoms with van der Waals surface area (Å²) in [5.74, 6) is 0.967. The first-order valence-electron chi connectivity index (χ1n) is 7.98. The van der Waals surface area contributed by atoms with Crippen LogP contribution >= 0.6 is 0 Å². The summed E-state index contributed by atoms with van der Waals surface area (Å²) < 4.78 is 0. The van der Waals surface area contributed by atoms with E-state index in [9.17, 15) is 0 Å². The van der Waals surface area contributed by atoms with Crippen LogP contribution in [0.4, 0.5) is 5.82 Å². The van der Waals surface area contributed by atoms with Gasteiger partial charge in [-0.25, -0.2) is 0 Å². The van der Waals surface area contributed by atoms with Gasteiger partial charge in [0.2, 0.25) is 0 Å². The molecule has 1 aliphatic rings. The summed E-state index contributed by atoms with van der Waals surface area (Å²) in [6.07, 6.45) is 4.08. The van der Waals surface area contributed by atoms with E-state index in [0.717, 1.165) is 31.0 Å². The van der Waals surface area contributed by atoms with Gasteiger partial charge in [0.15, 0.2) is 5.82 Å². The molecule has 0 N–H and O–H groups in total. The van der Waals surface area contributed by atoms with Crippen LogP contribution in [0.15, 0.2) is 42.6 Å². The average molecular weight is 307 g/mol. The van der Waals surface area contributed by atoms with Crippen molar-refractivity contribution in [3.05, 3.63) is 53.7 Å². The Morgan fingerprint density at radius 2 is 2.26 bits per heavy atom. The molecule has 0 bridgehead atoms. The van der Waals surface area contributed by atoms with Gasteiger partial charge in [0, 0.05) is 31.9 Å². The lowest BCUT2D eigenvalue weighted by Crippen LogP contribution is -2.39. The van der Waals surface area contributed by atoms with Crippen molar-refractivity contribution in [3.63, 3.8) is 0 Å². The molecule has 0 spiro atoms. The van der Waals surface area contributed by atoms with E-state index in [0.29, 0.717) is 6.04 Å². The number of nitrogens with zero attached hydrogens (tertiary/aromatic N) is 5. The molecule has 0 radical (unpaired) electrons. The number of likely N-dealkylation sites (N-methyl/N-ethyl adjacent to an activating group) is 1. The van der Waals surface area contributed by atoms with Gasteiger partial charge in [-0.15, -0.1) is 5.10 Å². The Bertz CT molecular complexity index is 679. The minimum absolute atomic E-state index is 0.468. The third-order valence-electron chi connectivity index (χ3n) is 4.26. The first-order chi connectivity index (χ1) is 11.3. The minimum atomic E-state index is 0.468. The highest BCUT2D eigenvalue weighted by atomic mass is 15.3. The second kappa shape index (κ2) is 7.21. The Labute approximate surface area is 137 Å². The van der Waals surface area contributed by atoms with Gasteiger partial charge in [0.1, 0.15) is 0 Å². The number of aromatic nitrogens is 2. The van der Waals surface area contributed by atoms with Crippen LogP contribution < -0.4 is 4.90 Å². The Morgan fingerprint density at radius 1 is 1.35 bits per heavy atom. The van der Waals surface area contributed by atoms with Crippen molar-refractivity contribution < 1.29 is 0 Å². The zero-order chi connectivity index (χ0) is 16.1. The van der Waals surface area contributed by atoms with Crippen LogP contribution in [0.25, 0.3) is 0 Å². The van der Waals surface area contributed by atoms with Crippen LogP contribution in [-0.2, 0) is 6.54 Å². The highest BCUT2D eigenvalue weighted by molar-refractivity contribution is 5.39. The SMILES string of the molecule is CN(Cc1cccc(C#N)c1)CC1CCCN1c1cccnn1. The highest BCUT2D eigenvalue weighted by Crippen LogP contribution is 2.23. The zero-order valence-electron chi connectivity index (χ0n) is 13.4. The lowest BCUT2D eigenvalue weighted by molar-refractivity contribution is 0.303. The van der Waals surface area contributed by atoms with Gasteiger partial charge in [-0.1, -0.05) is 12.1 Å². The molecule has 1 aliphatic heterocycles. The van der Waals surface area contributed by atoms with E-state index in [4.69, 9.17) is 5.26 Å². The summed E-state index contributed by atoms with van der Waals surface area (Å²) in [5.41, 5.74) is 1.90. The number of nitriles is 1. The van der Waals surface area contributed by atoms with Crippen molar-refractivity contribution in [1.29, 1.82) is 5.26 Å². The van der Waals surface area contributed by atoms with Gasteiger partial charge in [0.25, 0.3) is 0 Å². The van der Waals surface area contributed by atoms with Crippen molar-refractivity contribution >= 4 is 5.82 Å². The van der Waals surface area contributed by atoms with Gasteiger partial charge < -0.3 is 9.80 Å². The summed E-state index contributed by atoms with van der Waals surface area (Å²) >= 11 is 0. The minimum Gasteiger partial charge on any atom is -0.351 e. The fraction of sp³-hybridized carbons (Fsp3) is 0.389. The zero-order valence-corrected chi connectivity index (χ0v) is 13.4. The molecule has 3 rings (SSSR count). The Kier molecular flexibility index (Phi) is 4.84. The molecule has 2 heterocycles. The molecule has 23 heavy (non-hydrogen) atoms. The van der Waals surface area contributed by atoms with E-state index in [1.54, 1.807) is 6.20 Å². The lowest BCUT2D eigenvalue weighted by Gasteiger charge is -2.29. The predicted molar refractivity (Wildman–Crippen MR) is 89.9 cm³/mol. The summed E-state index contributed by atoms with van der Waals surface area (Å²) in [5, 5.41) is 17.2. The predicted octanol–water partition coefficient (Wildman–Crippen LogP) is 2.45. The monoisotopic (exact) mass is 307 g/mol. The first kappa shape index (κ1) is 15.4. The molecule has 1 unspecified atom stereocenters. The third-order valence-corrected chi connectivity index (χ3v) is 4.26. The van der Waals surface area contributed by atoms with Gasteiger partial charge >= 0.3 is 0 Å². The van der Waals surface area contributed by atoms with E-state index in [-0.39, 0.29) is 0 Å². The van der Waals surface area contributed by atoms with Crippen LogP contribution in [0, 0.1) is 11.3 Å². The second-order valence-electron chi connectivity index (χ2n) is 6.08. The van der Waals surface area contributed by atoms with Crippen molar-refractivity contribution in [2.75, 3.05) is 25.0 Å². The van der Waals surface area contributed by atoms with Gasteiger partial charge in [-0.2, -0.15) is 10.4 Å². The molecule has 0 aliphatic carbocycles. The number of hydrogen-bond donors (Lipinski definition) is 0. The molecule has 5 heteroatoms. The standard InChI is InChI=1S/C18H21N5/c1-22(13-16-6-2-5-15(11-16)12-19)14-17-7-4-10-23(17)18-8-3-9-20-21-18/h2-3,5-6,8-9,11,17H,4,7,10,13-14H2,1H3. The topological polar surface area (TPSA) is 56.1 Å². The molecule has 1 fully saturated rings. The van der Waals surface area contributed by atoms with E-state index in [1.165, 1.54) is 18.4 Å². The van der Waals surface area contributed by atoms with Crippen LogP contribution in [0.5, 0.6) is 0 Å². The number of rotatable bonds is 5. The molecule has 0 amide bonds. The van der Waals surface area contributed by atoms with Crippen molar-refractivity contribution in [2.24, 2.45) is 0 Å². The highest BCUT2D eigenvalue weighted by Gasteiger charge is 2.26. The molecule has 1 saturated heterocycles. The maximum absolute atomic E-state index is 9.00. The number of anilines is 1. The van der Waals surface area contributed by atoms with Crippen LogP contribution in [0.1, 0.15) is 24.0 Å². The van der Waals surface area contributed by atoms with E-state index < -0.39 is 0 Å². The summed E-state index contributed by atoms with van der Waals surface area (Å²) in [4.78, 5) is 4.67. The fourth-order valence-electron chi connectivity index (χ4n) is 3.25. The molecule has 1 aromatic carbocycles. The van der Waals surface area contributed by atoms with Crippen molar-refractivity contribution in [1.82, 2.24) is 15.1 Å². The largest absolute Gasteiger partial charge is 0.351 e. The van der Waals surface area contributed by atoms with Crippen LogP contribution in [0.3, 0.4) is 0 Å². The Morgan fingerprint density at radius 3 is 3.04 bits per heavy atom. The fourth-order valence-corrected chi connectivity index (χ4v) is 3.25. The maximum atomic E-state index is 9.00. The number of hydrogen-bond acceptors (Lipinski definition) is 5. The molecular weight excluding hydrogens is 286 g/mol. The van der Waals surface area contributed by atoms with Crippen LogP contribution in [0.2, 0.25) is 0 Å². The lowest BCUT2D eigenvalue weighted by atomic mass is 10.1. The second-order valence-corrected chi connectivity index (χ2v) is 6.08. The number of benzene rings is 1. The van der Waals surface area contributed by atoms with E-state index >= 15 is 0 Å². The van der Waals surface area contributed by atoms with Crippen LogP contribution in [-0.4, -0.2) is 41.3 Å². The maximum Gasteiger partial charge on any atom is 0.151 e. The first-order valence-corrected chi connectivity index (χ1v) is 7.98. The summed E-state index contributed by atoms with van der Waals surface area (Å²) in [7, 11) is 2.13. The molecule has 2 aromatic rings. The molecule has 118 valence electrons. The molecular formula is C18H21N5. The quantitative estimate of drug-likeness (QED) is 0.849. The average Bonchev–Trinajstić information content (AvgIpc) is 3.03. The smallest absolute Gasteiger partial charge is 0.151 e. The molecule has 1 atom stereocenters. The van der Waals surface area contributed by atoms with Gasteiger partial charge in [-0.3, -0.25) is 0 Å². The third kappa shape index (κ3) is 3.85. The Hall–Kier alpha value is -2.45. The van der Waals surface area contributed by atoms with Crippen molar-refractivity contribution in [2.45, 2.75) is 25.4 Å². The van der Waals surface area contributed by atoms with Gasteiger partial charge in [0.05, 0.1) is 11.6 Å². The summed E-state index contributed by atoms with van der Waals surface area (Å²) in [6, 6.07) is 14.5. The van der Waals surface area contributed by atoms with Gasteiger partial charge in [-0.05, 0) is 49.7 Å². The van der Waals surface area contributed by atoms with Crippen molar-refractivity contribution in [3.8, 4) is 6.07 Å². The molecule has 0 saturated carbocycles. The molecule has 1 aromatic heterocycles.